The molecule has 0 unspecified atom stereocenters. The lowest BCUT2D eigenvalue weighted by Gasteiger charge is -2.32. The Morgan fingerprint density at radius 1 is 1.20 bits per heavy atom. The maximum Gasteiger partial charge on any atom is 0.270 e. The second-order valence-electron chi connectivity index (χ2n) is 8.57. The molecule has 2 aliphatic rings. The third-order valence-electron chi connectivity index (χ3n) is 6.32. The molecule has 2 N–H and O–H groups in total. The molecular formula is C24H26N6O5. The highest BCUT2D eigenvalue weighted by atomic mass is 16.5. The molecule has 0 radical (unpaired) electrons. The molecule has 2 amide bonds. The molecule has 11 heteroatoms. The molecule has 35 heavy (non-hydrogen) atoms. The van der Waals surface area contributed by atoms with E-state index in [-0.39, 0.29) is 41.5 Å². The fourth-order valence-corrected chi connectivity index (χ4v) is 4.38. The molecule has 3 aromatic rings. The summed E-state index contributed by atoms with van der Waals surface area (Å²) in [6.45, 7) is 2.79. The molecule has 1 saturated heterocycles. The smallest absolute Gasteiger partial charge is 0.270 e. The predicted molar refractivity (Wildman–Crippen MR) is 128 cm³/mol. The number of pyridine rings is 3. The zero-order chi connectivity index (χ0) is 24.4. The highest BCUT2D eigenvalue weighted by molar-refractivity contribution is 5.97. The number of amides is 2. The molecule has 0 spiro atoms. The minimum Gasteiger partial charge on any atom is -0.495 e. The van der Waals surface area contributed by atoms with Crippen molar-refractivity contribution in [3.05, 3.63) is 52.6 Å². The van der Waals surface area contributed by atoms with E-state index >= 15 is 0 Å². The lowest BCUT2D eigenvalue weighted by molar-refractivity contribution is -0.118. The van der Waals surface area contributed by atoms with Crippen molar-refractivity contribution in [1.29, 1.82) is 0 Å². The molecule has 0 saturated carbocycles. The van der Waals surface area contributed by atoms with Crippen LogP contribution in [0.1, 0.15) is 23.3 Å². The number of likely N-dealkylation sites (tertiary alicyclic amines) is 1. The van der Waals surface area contributed by atoms with Gasteiger partial charge in [-0.3, -0.25) is 19.4 Å². The molecule has 0 atom stereocenters. The fourth-order valence-electron chi connectivity index (χ4n) is 4.38. The average molecular weight is 479 g/mol. The van der Waals surface area contributed by atoms with E-state index in [1.165, 1.54) is 6.07 Å². The fraction of sp³-hybridized carbons (Fsp3) is 0.375. The summed E-state index contributed by atoms with van der Waals surface area (Å²) in [5, 5.41) is 5.65. The second-order valence-corrected chi connectivity index (χ2v) is 8.57. The molecule has 3 aromatic heterocycles. The van der Waals surface area contributed by atoms with Crippen LogP contribution in [-0.4, -0.2) is 70.6 Å². The minimum atomic E-state index is -0.295. The largest absolute Gasteiger partial charge is 0.495 e. The van der Waals surface area contributed by atoms with E-state index in [2.05, 4.69) is 25.5 Å². The highest BCUT2D eigenvalue weighted by Crippen LogP contribution is 2.25. The van der Waals surface area contributed by atoms with Crippen LogP contribution in [0.5, 0.6) is 11.5 Å². The Morgan fingerprint density at radius 2 is 2.03 bits per heavy atom. The van der Waals surface area contributed by atoms with E-state index in [1.54, 1.807) is 36.1 Å². The van der Waals surface area contributed by atoms with Crippen LogP contribution in [-0.2, 0) is 11.3 Å². The van der Waals surface area contributed by atoms with Gasteiger partial charge in [0, 0.05) is 44.4 Å². The van der Waals surface area contributed by atoms with Crippen molar-refractivity contribution in [3.63, 3.8) is 0 Å². The number of methoxy groups -OCH3 is 1. The maximum absolute atomic E-state index is 12.7. The summed E-state index contributed by atoms with van der Waals surface area (Å²) < 4.78 is 12.3. The number of nitrogens with one attached hydrogen (secondary N) is 2. The summed E-state index contributed by atoms with van der Waals surface area (Å²) in [4.78, 5) is 47.6. The maximum atomic E-state index is 12.7. The number of hydrogen-bond acceptors (Lipinski definition) is 8. The lowest BCUT2D eigenvalue weighted by atomic mass is 10.0. The van der Waals surface area contributed by atoms with Crippen molar-refractivity contribution >= 4 is 28.7 Å². The van der Waals surface area contributed by atoms with Crippen molar-refractivity contribution in [2.75, 3.05) is 38.7 Å². The molecule has 182 valence electrons. The van der Waals surface area contributed by atoms with Crippen LogP contribution < -0.4 is 25.7 Å². The van der Waals surface area contributed by atoms with Gasteiger partial charge in [-0.15, -0.1) is 0 Å². The summed E-state index contributed by atoms with van der Waals surface area (Å²) >= 11 is 0. The quantitative estimate of drug-likeness (QED) is 0.538. The molecule has 5 heterocycles. The van der Waals surface area contributed by atoms with E-state index in [1.807, 2.05) is 6.07 Å². The second kappa shape index (κ2) is 9.71. The van der Waals surface area contributed by atoms with Crippen molar-refractivity contribution in [2.24, 2.45) is 0 Å². The number of aromatic nitrogens is 3. The summed E-state index contributed by atoms with van der Waals surface area (Å²) in [5.41, 5.74) is 1.65. The number of anilines is 1. The van der Waals surface area contributed by atoms with Gasteiger partial charge in [0.2, 0.25) is 0 Å². The van der Waals surface area contributed by atoms with Crippen molar-refractivity contribution < 1.29 is 19.1 Å². The van der Waals surface area contributed by atoms with E-state index in [0.29, 0.717) is 24.6 Å². The average Bonchev–Trinajstić information content (AvgIpc) is 2.88. The summed E-state index contributed by atoms with van der Waals surface area (Å²) in [6.07, 6.45) is 3.21. The van der Waals surface area contributed by atoms with Crippen LogP contribution in [0.15, 0.2) is 41.3 Å². The van der Waals surface area contributed by atoms with Crippen LogP contribution in [0.2, 0.25) is 0 Å². The van der Waals surface area contributed by atoms with Gasteiger partial charge in [-0.05, 0) is 31.0 Å². The third kappa shape index (κ3) is 4.94. The number of piperidine rings is 1. The highest BCUT2D eigenvalue weighted by Gasteiger charge is 2.24. The summed E-state index contributed by atoms with van der Waals surface area (Å²) in [6, 6.07) is 8.34. The van der Waals surface area contributed by atoms with Crippen molar-refractivity contribution in [3.8, 4) is 11.5 Å². The van der Waals surface area contributed by atoms with Crippen LogP contribution in [0.25, 0.3) is 11.0 Å². The Labute approximate surface area is 201 Å². The number of rotatable bonds is 6. The normalized spacial score (nSPS) is 16.3. The van der Waals surface area contributed by atoms with E-state index < -0.39 is 0 Å². The first-order valence-electron chi connectivity index (χ1n) is 11.5. The molecule has 0 bridgehead atoms. The minimum absolute atomic E-state index is 0.0242. The number of ether oxygens (including phenoxy) is 2. The molecular weight excluding hydrogens is 452 g/mol. The monoisotopic (exact) mass is 478 g/mol. The van der Waals surface area contributed by atoms with E-state index in [0.717, 1.165) is 37.0 Å². The Hall–Kier alpha value is -3.99. The zero-order valence-electron chi connectivity index (χ0n) is 19.3. The van der Waals surface area contributed by atoms with Crippen LogP contribution in [0.3, 0.4) is 0 Å². The van der Waals surface area contributed by atoms with Gasteiger partial charge in [-0.2, -0.15) is 0 Å². The molecule has 0 aromatic carbocycles. The number of hydrogen-bond donors (Lipinski definition) is 2. The Bertz CT molecular complexity index is 1330. The number of fused-ring (bicyclic) bond motifs is 2. The number of carbonyl (C=O) groups excluding carboxylic acids is 2. The molecule has 1 fully saturated rings. The van der Waals surface area contributed by atoms with Gasteiger partial charge in [0.25, 0.3) is 17.4 Å². The summed E-state index contributed by atoms with van der Waals surface area (Å²) in [5.74, 6) is 0.747. The van der Waals surface area contributed by atoms with Gasteiger partial charge in [-0.25, -0.2) is 4.98 Å². The van der Waals surface area contributed by atoms with Gasteiger partial charge >= 0.3 is 0 Å². The van der Waals surface area contributed by atoms with Gasteiger partial charge in [-0.1, -0.05) is 0 Å². The lowest BCUT2D eigenvalue weighted by Crippen LogP contribution is -2.45. The zero-order valence-corrected chi connectivity index (χ0v) is 19.3. The van der Waals surface area contributed by atoms with Crippen LogP contribution in [0, 0.1) is 0 Å². The van der Waals surface area contributed by atoms with Crippen LogP contribution in [0.4, 0.5) is 5.82 Å². The van der Waals surface area contributed by atoms with Crippen LogP contribution >= 0.6 is 0 Å². The van der Waals surface area contributed by atoms with E-state index in [4.69, 9.17) is 9.47 Å². The molecule has 11 nitrogen and oxygen atoms in total. The van der Waals surface area contributed by atoms with Gasteiger partial charge < -0.3 is 29.6 Å². The first kappa shape index (κ1) is 22.8. The first-order chi connectivity index (χ1) is 17.0. The predicted octanol–water partition coefficient (Wildman–Crippen LogP) is 1.03. The van der Waals surface area contributed by atoms with Crippen molar-refractivity contribution in [1.82, 2.24) is 24.8 Å². The SMILES string of the molecule is COc1cnc2ccc(=O)n(CCN3CCC(NC(=O)c4ccc5c(n4)NC(=O)CO5)CC3)c2c1. The third-order valence-corrected chi connectivity index (χ3v) is 6.32. The summed E-state index contributed by atoms with van der Waals surface area (Å²) in [7, 11) is 1.57. The van der Waals surface area contributed by atoms with Gasteiger partial charge in [0.1, 0.15) is 11.4 Å². The van der Waals surface area contributed by atoms with Gasteiger partial charge in [0.15, 0.2) is 18.2 Å². The van der Waals surface area contributed by atoms with E-state index in [9.17, 15) is 14.4 Å². The molecule has 5 rings (SSSR count). The topological polar surface area (TPSA) is 128 Å². The Kier molecular flexibility index (Phi) is 6.32. The standard InChI is InChI=1S/C24H26N6O5/c1-34-16-12-19-17(25-13-16)3-5-22(32)30(19)11-10-29-8-6-15(7-9-29)26-24(33)18-2-4-20-23(27-18)28-21(31)14-35-20/h2-5,12-13,15H,6-11,14H2,1H3,(H,26,33)(H,27,28,31). The number of nitrogens with zero attached hydrogens (tertiary/aromatic N) is 4. The van der Waals surface area contributed by atoms with Crippen molar-refractivity contribution in [2.45, 2.75) is 25.4 Å². The Balaban J connectivity index is 1.16. The van der Waals surface area contributed by atoms with Gasteiger partial charge in [0.05, 0.1) is 24.3 Å². The molecule has 0 aliphatic carbocycles. The Morgan fingerprint density at radius 3 is 2.83 bits per heavy atom. The molecule has 2 aliphatic heterocycles. The number of carbonyl (C=O) groups is 2. The first-order valence-corrected chi connectivity index (χ1v) is 11.5.